The number of sulfone groups is 1. The molecule has 0 heterocycles. The number of benzene rings is 1. The molecule has 19 heavy (non-hydrogen) atoms. The van der Waals surface area contributed by atoms with Gasteiger partial charge in [-0.2, -0.15) is 0 Å². The van der Waals surface area contributed by atoms with Gasteiger partial charge in [-0.25, -0.2) is 8.42 Å². The molecule has 1 saturated carbocycles. The molecule has 1 unspecified atom stereocenters. The lowest BCUT2D eigenvalue weighted by Gasteiger charge is -2.27. The minimum Gasteiger partial charge on any atom is -0.327 e. The molecule has 1 aromatic rings. The first kappa shape index (κ1) is 14.8. The zero-order valence-electron chi connectivity index (χ0n) is 10.9. The molecule has 0 saturated heterocycles. The highest BCUT2D eigenvalue weighted by molar-refractivity contribution is 7.91. The molecule has 0 aliphatic heterocycles. The Labute approximate surface area is 120 Å². The lowest BCUT2D eigenvalue weighted by atomic mass is 9.85. The molecule has 5 heteroatoms. The molecule has 0 bridgehead atoms. The van der Waals surface area contributed by atoms with Gasteiger partial charge in [0, 0.05) is 6.04 Å². The fourth-order valence-electron chi connectivity index (χ4n) is 2.74. The van der Waals surface area contributed by atoms with Gasteiger partial charge >= 0.3 is 0 Å². The highest BCUT2D eigenvalue weighted by Gasteiger charge is 2.27. The predicted molar refractivity (Wildman–Crippen MR) is 78.1 cm³/mol. The third-order valence-electron chi connectivity index (χ3n) is 3.84. The SMILES string of the molecule is NC(CS(=O)(=O)c1ccccc1Cl)C1CCCCC1. The molecule has 1 aliphatic carbocycles. The van der Waals surface area contributed by atoms with E-state index in [4.69, 9.17) is 17.3 Å². The van der Waals surface area contributed by atoms with Gasteiger partial charge < -0.3 is 5.73 Å². The van der Waals surface area contributed by atoms with Crippen molar-refractivity contribution in [2.24, 2.45) is 11.7 Å². The molecule has 106 valence electrons. The molecule has 0 amide bonds. The van der Waals surface area contributed by atoms with Crippen molar-refractivity contribution in [2.45, 2.75) is 43.0 Å². The second-order valence-corrected chi connectivity index (χ2v) is 7.68. The van der Waals surface area contributed by atoms with E-state index in [1.54, 1.807) is 24.3 Å². The van der Waals surface area contributed by atoms with Gasteiger partial charge in [0.2, 0.25) is 0 Å². The van der Waals surface area contributed by atoms with Crippen molar-refractivity contribution in [3.8, 4) is 0 Å². The van der Waals surface area contributed by atoms with E-state index in [1.165, 1.54) is 6.42 Å². The van der Waals surface area contributed by atoms with Gasteiger partial charge in [0.1, 0.15) is 0 Å². The normalized spacial score (nSPS) is 19.3. The van der Waals surface area contributed by atoms with Crippen LogP contribution in [0.2, 0.25) is 5.02 Å². The minimum atomic E-state index is -3.40. The minimum absolute atomic E-state index is 0.0125. The molecular weight excluding hydrogens is 282 g/mol. The number of hydrogen-bond donors (Lipinski definition) is 1. The van der Waals surface area contributed by atoms with Gasteiger partial charge in [-0.05, 0) is 30.9 Å². The second-order valence-electron chi connectivity index (χ2n) is 5.27. The molecule has 1 atom stereocenters. The quantitative estimate of drug-likeness (QED) is 0.930. The monoisotopic (exact) mass is 301 g/mol. The molecule has 1 aromatic carbocycles. The van der Waals surface area contributed by atoms with Crippen LogP contribution in [0.15, 0.2) is 29.2 Å². The van der Waals surface area contributed by atoms with Crippen molar-refractivity contribution >= 4 is 21.4 Å². The van der Waals surface area contributed by atoms with E-state index in [0.717, 1.165) is 25.7 Å². The van der Waals surface area contributed by atoms with Gasteiger partial charge in [0.25, 0.3) is 0 Å². The van der Waals surface area contributed by atoms with Crippen LogP contribution in [0.3, 0.4) is 0 Å². The van der Waals surface area contributed by atoms with E-state index in [9.17, 15) is 8.42 Å². The molecule has 0 radical (unpaired) electrons. The van der Waals surface area contributed by atoms with Crippen LogP contribution in [0.5, 0.6) is 0 Å². The fraction of sp³-hybridized carbons (Fsp3) is 0.571. The van der Waals surface area contributed by atoms with Gasteiger partial charge in [-0.3, -0.25) is 0 Å². The van der Waals surface area contributed by atoms with Crippen LogP contribution in [0, 0.1) is 5.92 Å². The first-order chi connectivity index (χ1) is 9.00. The Kier molecular flexibility index (Phi) is 4.87. The summed E-state index contributed by atoms with van der Waals surface area (Å²) < 4.78 is 24.7. The Morgan fingerprint density at radius 1 is 1.21 bits per heavy atom. The molecule has 1 aliphatic rings. The van der Waals surface area contributed by atoms with Crippen LogP contribution in [0.25, 0.3) is 0 Å². The molecule has 1 fully saturated rings. The summed E-state index contributed by atoms with van der Waals surface area (Å²) in [6.07, 6.45) is 5.63. The number of halogens is 1. The first-order valence-electron chi connectivity index (χ1n) is 6.73. The van der Waals surface area contributed by atoms with Crippen LogP contribution in [0.1, 0.15) is 32.1 Å². The molecule has 0 aromatic heterocycles. The van der Waals surface area contributed by atoms with Crippen LogP contribution in [0.4, 0.5) is 0 Å². The van der Waals surface area contributed by atoms with Crippen LogP contribution in [-0.2, 0) is 9.84 Å². The Morgan fingerprint density at radius 2 is 1.84 bits per heavy atom. The van der Waals surface area contributed by atoms with E-state index in [1.807, 2.05) is 0 Å². The number of rotatable bonds is 4. The predicted octanol–water partition coefficient (Wildman–Crippen LogP) is 3.02. The van der Waals surface area contributed by atoms with E-state index >= 15 is 0 Å². The summed E-state index contributed by atoms with van der Waals surface area (Å²) in [5.41, 5.74) is 6.10. The van der Waals surface area contributed by atoms with Crippen molar-refractivity contribution in [1.82, 2.24) is 0 Å². The van der Waals surface area contributed by atoms with E-state index < -0.39 is 9.84 Å². The summed E-state index contributed by atoms with van der Waals surface area (Å²) in [6.45, 7) is 0. The van der Waals surface area contributed by atoms with E-state index in [0.29, 0.717) is 5.92 Å². The lowest BCUT2D eigenvalue weighted by molar-refractivity contribution is 0.317. The van der Waals surface area contributed by atoms with Gasteiger partial charge in [-0.1, -0.05) is 43.0 Å². The maximum absolute atomic E-state index is 12.3. The summed E-state index contributed by atoms with van der Waals surface area (Å²) in [7, 11) is -3.40. The summed E-state index contributed by atoms with van der Waals surface area (Å²) in [6, 6.07) is 6.26. The third kappa shape index (κ3) is 3.71. The summed E-state index contributed by atoms with van der Waals surface area (Å²) in [5.74, 6) is 0.313. The van der Waals surface area contributed by atoms with Crippen molar-refractivity contribution in [2.75, 3.05) is 5.75 Å². The Hall–Kier alpha value is -0.580. The number of hydrogen-bond acceptors (Lipinski definition) is 3. The summed E-state index contributed by atoms with van der Waals surface area (Å²) in [5, 5.41) is 0.276. The largest absolute Gasteiger partial charge is 0.327 e. The Balaban J connectivity index is 2.11. The molecular formula is C14H20ClNO2S. The molecule has 2 N–H and O–H groups in total. The highest BCUT2D eigenvalue weighted by Crippen LogP contribution is 2.28. The Morgan fingerprint density at radius 3 is 2.47 bits per heavy atom. The fourth-order valence-corrected chi connectivity index (χ4v) is 4.84. The zero-order chi connectivity index (χ0) is 13.9. The third-order valence-corrected chi connectivity index (χ3v) is 6.13. The highest BCUT2D eigenvalue weighted by atomic mass is 35.5. The average molecular weight is 302 g/mol. The second kappa shape index (κ2) is 6.25. The van der Waals surface area contributed by atoms with Gasteiger partial charge in [0.15, 0.2) is 9.84 Å². The summed E-state index contributed by atoms with van der Waals surface area (Å²) >= 11 is 5.96. The average Bonchev–Trinajstić information content (AvgIpc) is 2.39. The smallest absolute Gasteiger partial charge is 0.181 e. The Bertz CT molecular complexity index is 524. The van der Waals surface area contributed by atoms with Crippen molar-refractivity contribution in [3.63, 3.8) is 0 Å². The van der Waals surface area contributed by atoms with Crippen LogP contribution < -0.4 is 5.73 Å². The van der Waals surface area contributed by atoms with Crippen LogP contribution >= 0.6 is 11.6 Å². The topological polar surface area (TPSA) is 60.2 Å². The van der Waals surface area contributed by atoms with Gasteiger partial charge in [0.05, 0.1) is 15.7 Å². The zero-order valence-corrected chi connectivity index (χ0v) is 12.5. The number of nitrogens with two attached hydrogens (primary N) is 1. The van der Waals surface area contributed by atoms with Crippen LogP contribution in [-0.4, -0.2) is 20.2 Å². The maximum atomic E-state index is 12.3. The van der Waals surface area contributed by atoms with Crippen molar-refractivity contribution < 1.29 is 8.42 Å². The molecule has 2 rings (SSSR count). The van der Waals surface area contributed by atoms with E-state index in [2.05, 4.69) is 0 Å². The standard InChI is InChI=1S/C14H20ClNO2S/c15-12-8-4-5-9-14(12)19(17,18)10-13(16)11-6-2-1-3-7-11/h4-5,8-9,11,13H,1-3,6-7,10,16H2. The van der Waals surface area contributed by atoms with E-state index in [-0.39, 0.29) is 21.7 Å². The lowest BCUT2D eigenvalue weighted by Crippen LogP contribution is -2.38. The first-order valence-corrected chi connectivity index (χ1v) is 8.76. The van der Waals surface area contributed by atoms with Crippen molar-refractivity contribution in [1.29, 1.82) is 0 Å². The maximum Gasteiger partial charge on any atom is 0.181 e. The summed E-state index contributed by atoms with van der Waals surface area (Å²) in [4.78, 5) is 0.197. The molecule has 3 nitrogen and oxygen atoms in total. The molecule has 0 spiro atoms. The van der Waals surface area contributed by atoms with Gasteiger partial charge in [-0.15, -0.1) is 0 Å². The van der Waals surface area contributed by atoms with Crippen molar-refractivity contribution in [3.05, 3.63) is 29.3 Å².